The van der Waals surface area contributed by atoms with Crippen LogP contribution in [0.15, 0.2) is 42.5 Å². The Kier molecular flexibility index (Phi) is 3.14. The minimum absolute atomic E-state index is 0.672. The molecule has 0 aliphatic heterocycles. The lowest BCUT2D eigenvalue weighted by atomic mass is 10.0. The predicted molar refractivity (Wildman–Crippen MR) is 79.7 cm³/mol. The van der Waals surface area contributed by atoms with Gasteiger partial charge in [-0.05, 0) is 52.1 Å². The van der Waals surface area contributed by atoms with E-state index < -0.39 is 5.97 Å². The predicted octanol–water partition coefficient (Wildman–Crippen LogP) is 3.20. The maximum atomic E-state index is 11.1. The summed E-state index contributed by atoms with van der Waals surface area (Å²) in [6.45, 7) is 0. The van der Waals surface area contributed by atoms with Gasteiger partial charge < -0.3 is 14.6 Å². The number of hydrogen-bond donors (Lipinski definition) is 1. The van der Waals surface area contributed by atoms with Gasteiger partial charge in [-0.3, -0.25) is 0 Å². The van der Waals surface area contributed by atoms with Gasteiger partial charge in [0.25, 0.3) is 0 Å². The van der Waals surface area contributed by atoms with Crippen LogP contribution in [0.2, 0.25) is 0 Å². The maximum absolute atomic E-state index is 11.1. The van der Waals surface area contributed by atoms with E-state index in [4.69, 9.17) is 14.6 Å². The van der Waals surface area contributed by atoms with E-state index in [1.54, 1.807) is 14.2 Å². The van der Waals surface area contributed by atoms with Crippen molar-refractivity contribution in [3.8, 4) is 22.6 Å². The smallest absolute Gasteiger partial charge is 0.328 e. The van der Waals surface area contributed by atoms with Gasteiger partial charge in [-0.2, -0.15) is 0 Å². The summed E-state index contributed by atoms with van der Waals surface area (Å²) in [5, 5.41) is 9.14. The van der Waals surface area contributed by atoms with E-state index in [1.807, 2.05) is 36.4 Å². The summed E-state index contributed by atoms with van der Waals surface area (Å²) in [5.41, 5.74) is 4.40. The second-order valence-electron chi connectivity index (χ2n) is 4.72. The number of carboxylic acids is 1. The summed E-state index contributed by atoms with van der Waals surface area (Å²) in [4.78, 5) is 11.1. The molecule has 0 amide bonds. The number of ether oxygens (including phenoxy) is 2. The fourth-order valence-electron chi connectivity index (χ4n) is 2.64. The molecule has 0 atom stereocenters. The fourth-order valence-corrected chi connectivity index (χ4v) is 2.64. The Morgan fingerprint density at radius 2 is 1.38 bits per heavy atom. The van der Waals surface area contributed by atoms with Crippen LogP contribution in [0, 0.1) is 0 Å². The van der Waals surface area contributed by atoms with Crippen molar-refractivity contribution in [1.82, 2.24) is 0 Å². The highest BCUT2D eigenvalue weighted by atomic mass is 16.5. The molecular formula is C17H14O4. The minimum atomic E-state index is -0.977. The van der Waals surface area contributed by atoms with E-state index >= 15 is 0 Å². The molecular weight excluding hydrogens is 268 g/mol. The van der Waals surface area contributed by atoms with Crippen molar-refractivity contribution >= 4 is 11.5 Å². The zero-order valence-corrected chi connectivity index (χ0v) is 11.7. The van der Waals surface area contributed by atoms with Gasteiger partial charge in [-0.1, -0.05) is 12.1 Å². The third-order valence-electron chi connectivity index (χ3n) is 3.59. The van der Waals surface area contributed by atoms with Gasteiger partial charge in [0.2, 0.25) is 0 Å². The molecule has 4 nitrogen and oxygen atoms in total. The van der Waals surface area contributed by atoms with Gasteiger partial charge in [0, 0.05) is 6.08 Å². The van der Waals surface area contributed by atoms with Crippen molar-refractivity contribution in [3.63, 3.8) is 0 Å². The number of benzene rings is 2. The van der Waals surface area contributed by atoms with Crippen molar-refractivity contribution in [2.45, 2.75) is 0 Å². The molecule has 106 valence electrons. The Labute approximate surface area is 122 Å². The summed E-state index contributed by atoms with van der Waals surface area (Å²) in [5.74, 6) is 0.420. The molecule has 0 fully saturated rings. The molecule has 0 saturated carbocycles. The van der Waals surface area contributed by atoms with Crippen LogP contribution in [0.25, 0.3) is 16.7 Å². The van der Waals surface area contributed by atoms with E-state index in [1.165, 1.54) is 6.08 Å². The van der Waals surface area contributed by atoms with Gasteiger partial charge in [0.15, 0.2) is 0 Å². The molecule has 0 saturated heterocycles. The number of hydrogen-bond acceptors (Lipinski definition) is 3. The van der Waals surface area contributed by atoms with Crippen LogP contribution in [-0.4, -0.2) is 25.3 Å². The fraction of sp³-hybridized carbons (Fsp3) is 0.118. The van der Waals surface area contributed by atoms with E-state index in [0.717, 1.165) is 22.3 Å². The Morgan fingerprint density at radius 1 is 0.905 bits per heavy atom. The Balaban J connectivity index is 2.28. The number of methoxy groups -OCH3 is 2. The molecule has 0 radical (unpaired) electrons. The average molecular weight is 282 g/mol. The zero-order valence-electron chi connectivity index (χ0n) is 11.7. The summed E-state index contributed by atoms with van der Waals surface area (Å²) in [6.07, 6.45) is 1.23. The standard InChI is InChI=1S/C17H14O4/c1-20-10-3-5-12-13-6-4-11(21-2)8-15(13)16(9-17(18)19)14(12)7-10/h3-9H,1-2H3,(H,18,19). The summed E-state index contributed by atoms with van der Waals surface area (Å²) in [6, 6.07) is 11.4. The summed E-state index contributed by atoms with van der Waals surface area (Å²) < 4.78 is 10.5. The van der Waals surface area contributed by atoms with Gasteiger partial charge in [0.1, 0.15) is 11.5 Å². The maximum Gasteiger partial charge on any atom is 0.328 e. The SMILES string of the molecule is COc1ccc2c(c1)C(=CC(=O)O)c1cc(OC)ccc1-2. The summed E-state index contributed by atoms with van der Waals surface area (Å²) in [7, 11) is 3.18. The van der Waals surface area contributed by atoms with Crippen molar-refractivity contribution < 1.29 is 19.4 Å². The first-order chi connectivity index (χ1) is 10.1. The minimum Gasteiger partial charge on any atom is -0.497 e. The monoisotopic (exact) mass is 282 g/mol. The van der Waals surface area contributed by atoms with Crippen molar-refractivity contribution in [1.29, 1.82) is 0 Å². The van der Waals surface area contributed by atoms with Gasteiger partial charge >= 0.3 is 5.97 Å². The second kappa shape index (κ2) is 4.98. The first-order valence-electron chi connectivity index (χ1n) is 6.46. The van der Waals surface area contributed by atoms with Gasteiger partial charge in [-0.15, -0.1) is 0 Å². The third kappa shape index (κ3) is 2.14. The molecule has 2 aromatic rings. The number of fused-ring (bicyclic) bond motifs is 3. The second-order valence-corrected chi connectivity index (χ2v) is 4.72. The zero-order chi connectivity index (χ0) is 15.0. The Morgan fingerprint density at radius 3 is 1.76 bits per heavy atom. The quantitative estimate of drug-likeness (QED) is 0.749. The Hall–Kier alpha value is -2.75. The van der Waals surface area contributed by atoms with Crippen LogP contribution < -0.4 is 9.47 Å². The van der Waals surface area contributed by atoms with Crippen LogP contribution in [0.4, 0.5) is 0 Å². The lowest BCUT2D eigenvalue weighted by Crippen LogP contribution is -1.92. The number of carbonyl (C=O) groups is 1. The molecule has 3 rings (SSSR count). The molecule has 0 heterocycles. The lowest BCUT2D eigenvalue weighted by molar-refractivity contribution is -0.131. The topological polar surface area (TPSA) is 55.8 Å². The number of carboxylic acid groups (broad SMARTS) is 1. The molecule has 2 aromatic carbocycles. The Bertz CT molecular complexity index is 704. The molecule has 0 spiro atoms. The first-order valence-corrected chi connectivity index (χ1v) is 6.46. The van der Waals surface area contributed by atoms with E-state index in [-0.39, 0.29) is 0 Å². The van der Waals surface area contributed by atoms with E-state index in [0.29, 0.717) is 17.1 Å². The first kappa shape index (κ1) is 13.2. The van der Waals surface area contributed by atoms with Crippen LogP contribution in [-0.2, 0) is 4.79 Å². The largest absolute Gasteiger partial charge is 0.497 e. The molecule has 1 aliphatic carbocycles. The molecule has 0 aromatic heterocycles. The van der Waals surface area contributed by atoms with Crippen LogP contribution >= 0.6 is 0 Å². The van der Waals surface area contributed by atoms with Crippen molar-refractivity contribution in [2.75, 3.05) is 14.2 Å². The highest BCUT2D eigenvalue weighted by Gasteiger charge is 2.25. The highest BCUT2D eigenvalue weighted by Crippen LogP contribution is 2.46. The molecule has 1 aliphatic rings. The third-order valence-corrected chi connectivity index (χ3v) is 3.59. The molecule has 1 N–H and O–H groups in total. The molecule has 21 heavy (non-hydrogen) atoms. The molecule has 0 bridgehead atoms. The van der Waals surface area contributed by atoms with Crippen LogP contribution in [0.3, 0.4) is 0 Å². The number of aliphatic carboxylic acids is 1. The lowest BCUT2D eigenvalue weighted by Gasteiger charge is -2.05. The average Bonchev–Trinajstić information content (AvgIpc) is 2.79. The molecule has 4 heteroatoms. The van der Waals surface area contributed by atoms with Gasteiger partial charge in [-0.25, -0.2) is 4.79 Å². The van der Waals surface area contributed by atoms with Crippen LogP contribution in [0.1, 0.15) is 11.1 Å². The normalized spacial score (nSPS) is 11.6. The van der Waals surface area contributed by atoms with Crippen molar-refractivity contribution in [3.05, 3.63) is 53.6 Å². The van der Waals surface area contributed by atoms with Crippen LogP contribution in [0.5, 0.6) is 11.5 Å². The van der Waals surface area contributed by atoms with E-state index in [9.17, 15) is 4.79 Å². The molecule has 0 unspecified atom stereocenters. The van der Waals surface area contributed by atoms with Gasteiger partial charge in [0.05, 0.1) is 14.2 Å². The summed E-state index contributed by atoms with van der Waals surface area (Å²) >= 11 is 0. The van der Waals surface area contributed by atoms with E-state index in [2.05, 4.69) is 0 Å². The number of rotatable bonds is 3. The van der Waals surface area contributed by atoms with Crippen molar-refractivity contribution in [2.24, 2.45) is 0 Å². The highest BCUT2D eigenvalue weighted by molar-refractivity contribution is 6.07.